The fourth-order valence-electron chi connectivity index (χ4n) is 4.04. The third-order valence-electron chi connectivity index (χ3n) is 5.78. The molecule has 0 saturated carbocycles. The van der Waals surface area contributed by atoms with Crippen molar-refractivity contribution < 1.29 is 4.74 Å². The maximum absolute atomic E-state index is 6.19. The highest BCUT2D eigenvalue weighted by Gasteiger charge is 2.27. The quantitative estimate of drug-likeness (QED) is 0.480. The number of hydrogen-bond acceptors (Lipinski definition) is 5. The number of nitrogen functional groups attached to an aromatic ring is 1. The summed E-state index contributed by atoms with van der Waals surface area (Å²) < 4.78 is 5.50. The molecular formula is C22H36N4OSi. The third-order valence-corrected chi connectivity index (χ3v) is 6.65. The molecule has 1 aromatic rings. The SMILES string of the molecule is COc1cc(N2CCC(N3CCN(C)CC3)CC2)c(C#C[Si](C)(C)C)cc1N. The average Bonchev–Trinajstić information content (AvgIpc) is 2.67. The summed E-state index contributed by atoms with van der Waals surface area (Å²) in [6, 6.07) is 4.78. The topological polar surface area (TPSA) is 45.0 Å². The molecular weight excluding hydrogens is 364 g/mol. The maximum Gasteiger partial charge on any atom is 0.143 e. The van der Waals surface area contributed by atoms with Crippen LogP contribution in [0.1, 0.15) is 18.4 Å². The van der Waals surface area contributed by atoms with Gasteiger partial charge in [-0.3, -0.25) is 4.90 Å². The molecule has 0 amide bonds. The van der Waals surface area contributed by atoms with Gasteiger partial charge in [0.15, 0.2) is 0 Å². The van der Waals surface area contributed by atoms with Crippen LogP contribution in [0.2, 0.25) is 19.6 Å². The van der Waals surface area contributed by atoms with Crippen molar-refractivity contribution in [3.8, 4) is 17.2 Å². The molecule has 154 valence electrons. The van der Waals surface area contributed by atoms with Crippen LogP contribution < -0.4 is 15.4 Å². The van der Waals surface area contributed by atoms with Crippen molar-refractivity contribution in [2.45, 2.75) is 38.5 Å². The van der Waals surface area contributed by atoms with Gasteiger partial charge in [-0.1, -0.05) is 25.6 Å². The van der Waals surface area contributed by atoms with E-state index in [4.69, 9.17) is 10.5 Å². The number of methoxy groups -OCH3 is 1. The number of nitrogens with two attached hydrogens (primary N) is 1. The van der Waals surface area contributed by atoms with Gasteiger partial charge in [0, 0.05) is 56.9 Å². The smallest absolute Gasteiger partial charge is 0.143 e. The van der Waals surface area contributed by atoms with Crippen molar-refractivity contribution in [2.75, 3.05) is 64.1 Å². The number of anilines is 2. The van der Waals surface area contributed by atoms with Gasteiger partial charge in [0.1, 0.15) is 13.8 Å². The summed E-state index contributed by atoms with van der Waals surface area (Å²) in [7, 11) is 2.45. The van der Waals surface area contributed by atoms with Crippen LogP contribution in [0.5, 0.6) is 5.75 Å². The Hall–Kier alpha value is -1.68. The number of likely N-dealkylation sites (N-methyl/N-ethyl adjacent to an activating group) is 1. The zero-order chi connectivity index (χ0) is 20.3. The van der Waals surface area contributed by atoms with Crippen molar-refractivity contribution in [1.29, 1.82) is 0 Å². The molecule has 5 nitrogen and oxygen atoms in total. The molecule has 6 heteroatoms. The van der Waals surface area contributed by atoms with E-state index < -0.39 is 8.07 Å². The number of benzene rings is 1. The van der Waals surface area contributed by atoms with Gasteiger partial charge in [-0.15, -0.1) is 5.54 Å². The maximum atomic E-state index is 6.19. The van der Waals surface area contributed by atoms with E-state index in [1.165, 1.54) is 44.7 Å². The summed E-state index contributed by atoms with van der Waals surface area (Å²) in [6.45, 7) is 13.7. The van der Waals surface area contributed by atoms with Crippen molar-refractivity contribution in [1.82, 2.24) is 9.80 Å². The summed E-state index contributed by atoms with van der Waals surface area (Å²) in [5.74, 6) is 4.19. The molecule has 2 N–H and O–H groups in total. The number of piperidine rings is 1. The second-order valence-electron chi connectivity index (χ2n) is 9.17. The van der Waals surface area contributed by atoms with Crippen LogP contribution in [-0.2, 0) is 0 Å². The number of rotatable bonds is 3. The lowest BCUT2D eigenvalue weighted by molar-refractivity contribution is 0.0982. The van der Waals surface area contributed by atoms with E-state index >= 15 is 0 Å². The molecule has 0 atom stereocenters. The number of hydrogen-bond donors (Lipinski definition) is 1. The highest BCUT2D eigenvalue weighted by Crippen LogP contribution is 2.33. The number of nitrogens with zero attached hydrogens (tertiary/aromatic N) is 3. The average molecular weight is 401 g/mol. The lowest BCUT2D eigenvalue weighted by Crippen LogP contribution is -2.52. The molecule has 0 unspecified atom stereocenters. The first kappa shape index (κ1) is 21.0. The van der Waals surface area contributed by atoms with Gasteiger partial charge in [-0.2, -0.15) is 0 Å². The van der Waals surface area contributed by atoms with Gasteiger partial charge in [0.2, 0.25) is 0 Å². The van der Waals surface area contributed by atoms with Crippen LogP contribution in [0.25, 0.3) is 0 Å². The first-order valence-electron chi connectivity index (χ1n) is 10.4. The number of piperazine rings is 1. The van der Waals surface area contributed by atoms with Gasteiger partial charge in [-0.25, -0.2) is 0 Å². The third kappa shape index (κ3) is 5.22. The molecule has 3 rings (SSSR count). The van der Waals surface area contributed by atoms with E-state index in [1.54, 1.807) is 7.11 Å². The van der Waals surface area contributed by atoms with Crippen molar-refractivity contribution in [3.05, 3.63) is 17.7 Å². The molecule has 2 aliphatic rings. The Labute approximate surface area is 171 Å². The molecule has 0 aromatic heterocycles. The molecule has 0 radical (unpaired) electrons. The highest BCUT2D eigenvalue weighted by atomic mass is 28.3. The molecule has 2 heterocycles. The van der Waals surface area contributed by atoms with Gasteiger partial charge in [-0.05, 0) is 26.0 Å². The lowest BCUT2D eigenvalue weighted by Gasteiger charge is -2.42. The van der Waals surface area contributed by atoms with E-state index in [0.29, 0.717) is 11.7 Å². The van der Waals surface area contributed by atoms with Crippen LogP contribution in [0.15, 0.2) is 12.1 Å². The molecule has 28 heavy (non-hydrogen) atoms. The van der Waals surface area contributed by atoms with Gasteiger partial charge < -0.3 is 20.3 Å². The highest BCUT2D eigenvalue weighted by molar-refractivity contribution is 6.83. The molecule has 0 aliphatic carbocycles. The molecule has 0 spiro atoms. The van der Waals surface area contributed by atoms with Crippen molar-refractivity contribution >= 4 is 19.4 Å². The minimum atomic E-state index is -1.45. The Morgan fingerprint density at radius 1 is 1.04 bits per heavy atom. The normalized spacial score (nSPS) is 20.0. The molecule has 0 bridgehead atoms. The summed E-state index contributed by atoms with van der Waals surface area (Å²) >= 11 is 0. The lowest BCUT2D eigenvalue weighted by atomic mass is 10.00. The van der Waals surface area contributed by atoms with Crippen LogP contribution in [-0.4, -0.2) is 77.3 Å². The predicted octanol–water partition coefficient (Wildman–Crippen LogP) is 2.72. The fraction of sp³-hybridized carbons (Fsp3) is 0.636. The van der Waals surface area contributed by atoms with E-state index in [2.05, 4.69) is 58.9 Å². The number of ether oxygens (including phenoxy) is 1. The minimum Gasteiger partial charge on any atom is -0.495 e. The second-order valence-corrected chi connectivity index (χ2v) is 13.9. The summed E-state index contributed by atoms with van der Waals surface area (Å²) in [5.41, 5.74) is 12.6. The van der Waals surface area contributed by atoms with Crippen LogP contribution in [0.3, 0.4) is 0 Å². The molecule has 2 fully saturated rings. The van der Waals surface area contributed by atoms with E-state index in [0.717, 1.165) is 24.4 Å². The fourth-order valence-corrected chi connectivity index (χ4v) is 4.55. The Bertz CT molecular complexity index is 733. The zero-order valence-corrected chi connectivity index (χ0v) is 19.2. The first-order chi connectivity index (χ1) is 13.3. The van der Waals surface area contributed by atoms with Crippen molar-refractivity contribution in [3.63, 3.8) is 0 Å². The largest absolute Gasteiger partial charge is 0.495 e. The standard InChI is InChI=1S/C22H36N4OSi/c1-24-11-13-25(14-12-24)19-6-9-26(10-7-19)21-17-22(27-2)20(23)16-18(21)8-15-28(3,4)5/h16-17,19H,6-7,9-14,23H2,1-5H3. The van der Waals surface area contributed by atoms with Gasteiger partial charge >= 0.3 is 0 Å². The van der Waals surface area contributed by atoms with Crippen LogP contribution in [0, 0.1) is 11.5 Å². The summed E-state index contributed by atoms with van der Waals surface area (Å²) in [4.78, 5) is 7.59. The molecule has 2 aliphatic heterocycles. The van der Waals surface area contributed by atoms with Crippen molar-refractivity contribution in [2.24, 2.45) is 0 Å². The van der Waals surface area contributed by atoms with E-state index in [1.807, 2.05) is 6.07 Å². The Balaban J connectivity index is 1.76. The minimum absolute atomic E-state index is 0.665. The van der Waals surface area contributed by atoms with E-state index in [-0.39, 0.29) is 0 Å². The monoisotopic (exact) mass is 400 g/mol. The zero-order valence-electron chi connectivity index (χ0n) is 18.2. The van der Waals surface area contributed by atoms with E-state index in [9.17, 15) is 0 Å². The second kappa shape index (κ2) is 8.77. The Morgan fingerprint density at radius 3 is 2.25 bits per heavy atom. The predicted molar refractivity (Wildman–Crippen MR) is 122 cm³/mol. The molecule has 2 saturated heterocycles. The Morgan fingerprint density at radius 2 is 1.68 bits per heavy atom. The molecule has 1 aromatic carbocycles. The first-order valence-corrected chi connectivity index (χ1v) is 13.9. The van der Waals surface area contributed by atoms with Gasteiger partial charge in [0.05, 0.1) is 18.5 Å². The van der Waals surface area contributed by atoms with Gasteiger partial charge in [0.25, 0.3) is 0 Å². The van der Waals surface area contributed by atoms with Crippen LogP contribution >= 0.6 is 0 Å². The summed E-state index contributed by atoms with van der Waals surface area (Å²) in [6.07, 6.45) is 2.41. The van der Waals surface area contributed by atoms with Crippen LogP contribution in [0.4, 0.5) is 11.4 Å². The summed E-state index contributed by atoms with van der Waals surface area (Å²) in [5, 5.41) is 0. The Kier molecular flexibility index (Phi) is 6.59.